The van der Waals surface area contributed by atoms with Crippen LogP contribution < -0.4 is 16.0 Å². The van der Waals surface area contributed by atoms with Gasteiger partial charge in [-0.15, -0.1) is 0 Å². The van der Waals surface area contributed by atoms with Crippen molar-refractivity contribution in [1.29, 1.82) is 0 Å². The predicted molar refractivity (Wildman–Crippen MR) is 213 cm³/mol. The van der Waals surface area contributed by atoms with Crippen molar-refractivity contribution in [1.82, 2.24) is 30.7 Å². The number of carbonyl (C=O) groups is 5. The molecule has 0 aromatic heterocycles. The number of likely N-dealkylation sites (tertiary alicyclic amines) is 1. The number of hydrogen-bond donors (Lipinski definition) is 4. The third-order valence-corrected chi connectivity index (χ3v) is 11.2. The van der Waals surface area contributed by atoms with E-state index < -0.39 is 48.1 Å². The van der Waals surface area contributed by atoms with Crippen molar-refractivity contribution in [2.24, 2.45) is 17.8 Å². The number of rotatable bonds is 25. The van der Waals surface area contributed by atoms with E-state index in [-0.39, 0.29) is 55.0 Å². The minimum Gasteiger partial charge on any atom is -0.480 e. The topological polar surface area (TPSA) is 170 Å². The van der Waals surface area contributed by atoms with E-state index in [4.69, 9.17) is 9.47 Å². The Hall–Kier alpha value is -3.59. The maximum atomic E-state index is 14.1. The third kappa shape index (κ3) is 14.1. The van der Waals surface area contributed by atoms with Gasteiger partial charge in [0.1, 0.15) is 6.04 Å². The molecule has 1 heterocycles. The lowest BCUT2D eigenvalue weighted by Gasteiger charge is -2.39. The fourth-order valence-corrected chi connectivity index (χ4v) is 7.88. The normalized spacial score (nSPS) is 18.3. The number of nitrogens with one attached hydrogen (secondary N) is 3. The van der Waals surface area contributed by atoms with Crippen LogP contribution in [-0.2, 0) is 39.9 Å². The number of unbranched alkanes of at least 4 members (excludes halogenated alkanes) is 1. The average Bonchev–Trinajstić information content (AvgIpc) is 3.65. The molecule has 4 N–H and O–H groups in total. The summed E-state index contributed by atoms with van der Waals surface area (Å²) < 4.78 is 11.8. The largest absolute Gasteiger partial charge is 0.480 e. The number of carboxylic acids is 1. The Morgan fingerprint density at radius 3 is 2.22 bits per heavy atom. The van der Waals surface area contributed by atoms with Gasteiger partial charge in [0.15, 0.2) is 0 Å². The van der Waals surface area contributed by atoms with Crippen molar-refractivity contribution in [3.63, 3.8) is 0 Å². The lowest BCUT2D eigenvalue weighted by atomic mass is 9.90. The molecule has 1 aromatic rings. The van der Waals surface area contributed by atoms with Crippen molar-refractivity contribution in [2.45, 2.75) is 116 Å². The zero-order valence-corrected chi connectivity index (χ0v) is 35.0. The summed E-state index contributed by atoms with van der Waals surface area (Å²) in [6.45, 7) is 11.7. The zero-order chi connectivity index (χ0) is 41.2. The number of methoxy groups -OCH3 is 2. The predicted octanol–water partition coefficient (Wildman–Crippen LogP) is 2.79. The van der Waals surface area contributed by atoms with Crippen LogP contribution in [0.2, 0.25) is 0 Å². The van der Waals surface area contributed by atoms with Crippen LogP contribution in [0.15, 0.2) is 30.3 Å². The van der Waals surface area contributed by atoms with Gasteiger partial charge < -0.3 is 40.3 Å². The molecular formula is C41H70N6O8. The van der Waals surface area contributed by atoms with Crippen LogP contribution in [-0.4, -0.2) is 147 Å². The van der Waals surface area contributed by atoms with Gasteiger partial charge in [-0.25, -0.2) is 4.79 Å². The summed E-state index contributed by atoms with van der Waals surface area (Å²) >= 11 is 0. The summed E-state index contributed by atoms with van der Waals surface area (Å²) in [6.07, 6.45) is 2.80. The highest BCUT2D eigenvalue weighted by atomic mass is 16.5. The van der Waals surface area contributed by atoms with Crippen LogP contribution in [0.3, 0.4) is 0 Å². The Labute approximate surface area is 329 Å². The number of likely N-dealkylation sites (N-methyl/N-ethyl adjacent to an activating group) is 2. The molecule has 0 bridgehead atoms. The summed E-state index contributed by atoms with van der Waals surface area (Å²) in [6, 6.07) is 6.72. The van der Waals surface area contributed by atoms with Crippen LogP contribution >= 0.6 is 0 Å². The van der Waals surface area contributed by atoms with Crippen LogP contribution in [0.5, 0.6) is 0 Å². The molecule has 2 rings (SSSR count). The van der Waals surface area contributed by atoms with Gasteiger partial charge in [-0.05, 0) is 70.3 Å². The SMILES string of the molecule is CCC(C)C(C(CC(=O)N1CCCC1C(OC)C(C)C(=O)NC(Cc1ccccc1)C(=O)O)OC)N(C)C(=O)CNC(=O)C(C(C)C)N(C)CCCCNC. The Morgan fingerprint density at radius 1 is 0.982 bits per heavy atom. The standard InChI is InChI=1S/C41H70N6O8/c1-11-28(4)37(46(8)35(49)26-43-40(51)36(27(2)3)45(7)22-16-15-21-42-6)33(54-9)25-34(48)47-23-17-20-32(47)38(55-10)29(5)39(50)44-31(41(52)53)24-30-18-13-12-14-19-30/h12-14,18-19,27-29,31-33,36-38,42H,11,15-17,20-26H2,1-10H3,(H,43,51)(H,44,50)(H,52,53). The Morgan fingerprint density at radius 2 is 1.65 bits per heavy atom. The fourth-order valence-electron chi connectivity index (χ4n) is 7.88. The monoisotopic (exact) mass is 775 g/mol. The van der Waals surface area contributed by atoms with E-state index in [1.165, 1.54) is 14.2 Å². The lowest BCUT2D eigenvalue weighted by molar-refractivity contribution is -0.147. The molecule has 1 saturated heterocycles. The highest BCUT2D eigenvalue weighted by molar-refractivity contribution is 5.88. The smallest absolute Gasteiger partial charge is 0.326 e. The Balaban J connectivity index is 2.14. The second-order valence-corrected chi connectivity index (χ2v) is 15.4. The maximum Gasteiger partial charge on any atom is 0.326 e. The number of aliphatic carboxylic acids is 1. The van der Waals surface area contributed by atoms with Gasteiger partial charge in [-0.1, -0.05) is 71.4 Å². The molecule has 14 heteroatoms. The van der Waals surface area contributed by atoms with Crippen LogP contribution in [0.4, 0.5) is 0 Å². The second kappa shape index (κ2) is 24.1. The van der Waals surface area contributed by atoms with Crippen LogP contribution in [0.25, 0.3) is 0 Å². The van der Waals surface area contributed by atoms with Crippen molar-refractivity contribution in [2.75, 3.05) is 61.5 Å². The van der Waals surface area contributed by atoms with E-state index in [1.54, 1.807) is 23.8 Å². The molecule has 312 valence electrons. The number of ether oxygens (including phenoxy) is 2. The van der Waals surface area contributed by atoms with Crippen molar-refractivity contribution in [3.8, 4) is 0 Å². The summed E-state index contributed by atoms with van der Waals surface area (Å²) in [7, 11) is 8.58. The molecule has 8 atom stereocenters. The number of carbonyl (C=O) groups excluding carboxylic acids is 4. The zero-order valence-electron chi connectivity index (χ0n) is 35.0. The highest BCUT2D eigenvalue weighted by Crippen LogP contribution is 2.29. The number of hydrogen-bond acceptors (Lipinski definition) is 9. The van der Waals surface area contributed by atoms with Gasteiger partial charge in [0.05, 0.1) is 49.2 Å². The van der Waals surface area contributed by atoms with Gasteiger partial charge in [0.2, 0.25) is 23.6 Å². The molecule has 8 unspecified atom stereocenters. The van der Waals surface area contributed by atoms with E-state index in [2.05, 4.69) is 16.0 Å². The average molecular weight is 775 g/mol. The van der Waals surface area contributed by atoms with Crippen LogP contribution in [0, 0.1) is 17.8 Å². The molecule has 0 saturated carbocycles. The molecule has 1 aromatic carbocycles. The van der Waals surface area contributed by atoms with Crippen molar-refractivity contribution in [3.05, 3.63) is 35.9 Å². The van der Waals surface area contributed by atoms with Gasteiger partial charge in [0.25, 0.3) is 0 Å². The number of carboxylic acid groups (broad SMARTS) is 1. The van der Waals surface area contributed by atoms with Gasteiger partial charge in [-0.3, -0.25) is 24.1 Å². The highest BCUT2D eigenvalue weighted by Gasteiger charge is 2.42. The molecule has 4 amide bonds. The molecule has 0 radical (unpaired) electrons. The molecule has 0 aliphatic carbocycles. The first kappa shape index (κ1) is 47.6. The first-order chi connectivity index (χ1) is 26.1. The van der Waals surface area contributed by atoms with Gasteiger partial charge >= 0.3 is 5.97 Å². The van der Waals surface area contributed by atoms with Gasteiger partial charge in [-0.2, -0.15) is 0 Å². The fraction of sp³-hybridized carbons (Fsp3) is 0.732. The number of benzene rings is 1. The molecule has 55 heavy (non-hydrogen) atoms. The van der Waals surface area contributed by atoms with E-state index in [0.717, 1.165) is 37.9 Å². The van der Waals surface area contributed by atoms with E-state index >= 15 is 0 Å². The molecule has 1 aliphatic rings. The van der Waals surface area contributed by atoms with Crippen molar-refractivity contribution >= 4 is 29.6 Å². The Bertz CT molecular complexity index is 1350. The number of amides is 4. The first-order valence-electron chi connectivity index (χ1n) is 19.9. The summed E-state index contributed by atoms with van der Waals surface area (Å²) in [5.74, 6) is -3.00. The summed E-state index contributed by atoms with van der Waals surface area (Å²) in [4.78, 5) is 72.0. The first-order valence-corrected chi connectivity index (χ1v) is 19.9. The van der Waals surface area contributed by atoms with Gasteiger partial charge in [0, 0.05) is 34.2 Å². The number of nitrogens with zero attached hydrogens (tertiary/aromatic N) is 3. The van der Waals surface area contributed by atoms with E-state index in [0.29, 0.717) is 19.4 Å². The molecule has 0 spiro atoms. The molecular weight excluding hydrogens is 704 g/mol. The lowest BCUT2D eigenvalue weighted by Crippen LogP contribution is -2.55. The minimum absolute atomic E-state index is 0.00503. The summed E-state index contributed by atoms with van der Waals surface area (Å²) in [5, 5.41) is 18.6. The molecule has 1 fully saturated rings. The Kier molecular flexibility index (Phi) is 20.9. The van der Waals surface area contributed by atoms with Crippen molar-refractivity contribution < 1.29 is 38.6 Å². The van der Waals surface area contributed by atoms with Crippen LogP contribution in [0.1, 0.15) is 78.7 Å². The second-order valence-electron chi connectivity index (χ2n) is 15.4. The van der Waals surface area contributed by atoms with E-state index in [1.807, 2.05) is 77.0 Å². The molecule has 1 aliphatic heterocycles. The minimum atomic E-state index is -1.14. The quantitative estimate of drug-likeness (QED) is 0.108. The summed E-state index contributed by atoms with van der Waals surface area (Å²) in [5.41, 5.74) is 0.786. The third-order valence-electron chi connectivity index (χ3n) is 11.2. The van der Waals surface area contributed by atoms with E-state index in [9.17, 15) is 29.1 Å². The maximum absolute atomic E-state index is 14.1. The molecule has 14 nitrogen and oxygen atoms in total.